The van der Waals surface area contributed by atoms with Crippen LogP contribution in [0.15, 0.2) is 84.9 Å². The Bertz CT molecular complexity index is 911. The highest BCUT2D eigenvalue weighted by Crippen LogP contribution is 2.35. The molecule has 1 atom stereocenters. The van der Waals surface area contributed by atoms with E-state index < -0.39 is 0 Å². The molecule has 122 valence electrons. The van der Waals surface area contributed by atoms with Gasteiger partial charge in [-0.1, -0.05) is 78.9 Å². The largest absolute Gasteiger partial charge is 0.485 e. The minimum absolute atomic E-state index is 0.0896. The number of ether oxygens (including phenoxy) is 1. The van der Waals surface area contributed by atoms with Gasteiger partial charge in [-0.05, 0) is 17.7 Å². The lowest BCUT2D eigenvalue weighted by molar-refractivity contribution is 0.0939. The minimum atomic E-state index is -0.287. The maximum atomic E-state index is 12.7. The number of hydrogen-bond donors (Lipinski definition) is 0. The molecule has 2 heteroatoms. The summed E-state index contributed by atoms with van der Waals surface area (Å²) < 4.78 is 6.20. The van der Waals surface area contributed by atoms with Gasteiger partial charge in [0.05, 0.1) is 6.42 Å². The molecule has 0 saturated carbocycles. The first-order valence-corrected chi connectivity index (χ1v) is 8.42. The molecule has 0 bridgehead atoms. The van der Waals surface area contributed by atoms with Crippen molar-refractivity contribution in [2.45, 2.75) is 12.5 Å². The summed E-state index contributed by atoms with van der Waals surface area (Å²) in [4.78, 5) is 12.7. The Morgan fingerprint density at radius 1 is 0.800 bits per heavy atom. The molecule has 1 heterocycles. The maximum absolute atomic E-state index is 12.7. The molecule has 2 nitrogen and oxygen atoms in total. The molecule has 0 fully saturated rings. The van der Waals surface area contributed by atoms with Gasteiger partial charge in [0.15, 0.2) is 5.78 Å². The third-order valence-corrected chi connectivity index (χ3v) is 4.42. The zero-order valence-electron chi connectivity index (χ0n) is 13.8. The molecule has 0 N–H and O–H groups in total. The molecule has 0 spiro atoms. The lowest BCUT2D eigenvalue weighted by atomic mass is 9.91. The Hall–Kier alpha value is -3.13. The fraction of sp³-hybridized carbons (Fsp3) is 0.0870. The molecule has 3 aromatic carbocycles. The molecule has 1 aliphatic heterocycles. The van der Waals surface area contributed by atoms with Crippen molar-refractivity contribution in [3.63, 3.8) is 0 Å². The van der Waals surface area contributed by atoms with Crippen molar-refractivity contribution >= 4 is 17.4 Å². The highest BCUT2D eigenvalue weighted by atomic mass is 16.5. The first-order valence-electron chi connectivity index (χ1n) is 8.42. The molecule has 0 radical (unpaired) electrons. The first kappa shape index (κ1) is 15.4. The molecule has 4 rings (SSSR count). The normalized spacial score (nSPS) is 15.7. The SMILES string of the molecule is O=C(CC1Oc2ccccc2C=C1c1ccccc1)c1ccccc1. The van der Waals surface area contributed by atoms with Crippen molar-refractivity contribution in [3.05, 3.63) is 102 Å². The average Bonchev–Trinajstić information content (AvgIpc) is 2.69. The predicted octanol–water partition coefficient (Wildman–Crippen LogP) is 5.26. The highest BCUT2D eigenvalue weighted by molar-refractivity contribution is 5.99. The van der Waals surface area contributed by atoms with E-state index in [0.29, 0.717) is 6.42 Å². The van der Waals surface area contributed by atoms with Gasteiger partial charge in [-0.3, -0.25) is 4.79 Å². The standard InChI is InChI=1S/C23H18O2/c24-21(18-11-5-2-6-12-18)16-23-20(17-9-3-1-4-10-17)15-19-13-7-8-14-22(19)25-23/h1-15,23H,16H2. The Morgan fingerprint density at radius 3 is 2.20 bits per heavy atom. The smallest absolute Gasteiger partial charge is 0.166 e. The first-order chi connectivity index (χ1) is 12.3. The van der Waals surface area contributed by atoms with E-state index >= 15 is 0 Å². The maximum Gasteiger partial charge on any atom is 0.166 e. The molecule has 25 heavy (non-hydrogen) atoms. The number of rotatable bonds is 4. The van der Waals surface area contributed by atoms with Crippen LogP contribution >= 0.6 is 0 Å². The van der Waals surface area contributed by atoms with Gasteiger partial charge in [0.25, 0.3) is 0 Å². The lowest BCUT2D eigenvalue weighted by Gasteiger charge is -2.27. The zero-order chi connectivity index (χ0) is 17.1. The number of para-hydroxylation sites is 1. The number of Topliss-reactive ketones (excluding diaryl/α,β-unsaturated/α-hetero) is 1. The molecule has 1 unspecified atom stereocenters. The number of benzene rings is 3. The molecule has 1 aliphatic rings. The van der Waals surface area contributed by atoms with Crippen molar-refractivity contribution in [3.8, 4) is 5.75 Å². The van der Waals surface area contributed by atoms with Gasteiger partial charge in [0, 0.05) is 16.7 Å². The molecule has 0 aromatic heterocycles. The summed E-state index contributed by atoms with van der Waals surface area (Å²) in [5.41, 5.74) is 3.90. The molecule has 0 saturated heterocycles. The van der Waals surface area contributed by atoms with E-state index in [9.17, 15) is 4.79 Å². The van der Waals surface area contributed by atoms with Crippen LogP contribution in [-0.2, 0) is 0 Å². The van der Waals surface area contributed by atoms with E-state index in [0.717, 1.165) is 28.0 Å². The highest BCUT2D eigenvalue weighted by Gasteiger charge is 2.26. The Balaban J connectivity index is 1.69. The summed E-state index contributed by atoms with van der Waals surface area (Å²) >= 11 is 0. The second-order valence-electron chi connectivity index (χ2n) is 6.10. The molecule has 3 aromatic rings. The zero-order valence-corrected chi connectivity index (χ0v) is 13.8. The van der Waals surface area contributed by atoms with Gasteiger partial charge < -0.3 is 4.74 Å². The molecular weight excluding hydrogens is 308 g/mol. The number of hydrogen-bond acceptors (Lipinski definition) is 2. The summed E-state index contributed by atoms with van der Waals surface area (Å²) in [5.74, 6) is 0.917. The Morgan fingerprint density at radius 2 is 1.44 bits per heavy atom. The summed E-state index contributed by atoms with van der Waals surface area (Å²) in [7, 11) is 0. The van der Waals surface area contributed by atoms with E-state index in [1.807, 2.05) is 72.8 Å². The van der Waals surface area contributed by atoms with Gasteiger partial charge in [0.2, 0.25) is 0 Å². The third kappa shape index (κ3) is 3.24. The topological polar surface area (TPSA) is 26.3 Å². The fourth-order valence-corrected chi connectivity index (χ4v) is 3.15. The monoisotopic (exact) mass is 326 g/mol. The van der Waals surface area contributed by atoms with Crippen molar-refractivity contribution in [2.24, 2.45) is 0 Å². The van der Waals surface area contributed by atoms with Gasteiger partial charge >= 0.3 is 0 Å². The number of carbonyl (C=O) groups is 1. The van der Waals surface area contributed by atoms with Crippen LogP contribution in [0.5, 0.6) is 5.75 Å². The molecule has 0 amide bonds. The van der Waals surface area contributed by atoms with E-state index in [1.54, 1.807) is 0 Å². The summed E-state index contributed by atoms with van der Waals surface area (Å²) in [6.45, 7) is 0. The summed E-state index contributed by atoms with van der Waals surface area (Å²) in [5, 5.41) is 0. The summed E-state index contributed by atoms with van der Waals surface area (Å²) in [6.07, 6.45) is 2.17. The van der Waals surface area contributed by atoms with Crippen LogP contribution in [0.3, 0.4) is 0 Å². The Labute approximate surface area is 147 Å². The van der Waals surface area contributed by atoms with Crippen LogP contribution in [0.1, 0.15) is 27.9 Å². The fourth-order valence-electron chi connectivity index (χ4n) is 3.15. The van der Waals surface area contributed by atoms with E-state index in [-0.39, 0.29) is 11.9 Å². The number of ketones is 1. The number of carbonyl (C=O) groups excluding carboxylic acids is 1. The average molecular weight is 326 g/mol. The second kappa shape index (κ2) is 6.78. The van der Waals surface area contributed by atoms with Crippen LogP contribution in [0.2, 0.25) is 0 Å². The van der Waals surface area contributed by atoms with E-state index in [1.165, 1.54) is 0 Å². The van der Waals surface area contributed by atoms with Crippen molar-refractivity contribution in [2.75, 3.05) is 0 Å². The van der Waals surface area contributed by atoms with Gasteiger partial charge in [-0.25, -0.2) is 0 Å². The second-order valence-corrected chi connectivity index (χ2v) is 6.10. The van der Waals surface area contributed by atoms with Crippen LogP contribution in [-0.4, -0.2) is 11.9 Å². The van der Waals surface area contributed by atoms with Crippen LogP contribution in [0.25, 0.3) is 11.6 Å². The van der Waals surface area contributed by atoms with Crippen LogP contribution in [0.4, 0.5) is 0 Å². The minimum Gasteiger partial charge on any atom is -0.485 e. The molecule has 0 aliphatic carbocycles. The van der Waals surface area contributed by atoms with Crippen LogP contribution < -0.4 is 4.74 Å². The van der Waals surface area contributed by atoms with Gasteiger partial charge in [0.1, 0.15) is 11.9 Å². The number of fused-ring (bicyclic) bond motifs is 1. The predicted molar refractivity (Wildman–Crippen MR) is 101 cm³/mol. The van der Waals surface area contributed by atoms with Crippen molar-refractivity contribution in [1.82, 2.24) is 0 Å². The lowest BCUT2D eigenvalue weighted by Crippen LogP contribution is -2.25. The van der Waals surface area contributed by atoms with Gasteiger partial charge in [-0.2, -0.15) is 0 Å². The third-order valence-electron chi connectivity index (χ3n) is 4.42. The van der Waals surface area contributed by atoms with E-state index in [2.05, 4.69) is 18.2 Å². The summed E-state index contributed by atoms with van der Waals surface area (Å²) in [6, 6.07) is 27.5. The van der Waals surface area contributed by atoms with Crippen LogP contribution in [0, 0.1) is 0 Å². The van der Waals surface area contributed by atoms with Crippen molar-refractivity contribution in [1.29, 1.82) is 0 Å². The molecular formula is C23H18O2. The van der Waals surface area contributed by atoms with E-state index in [4.69, 9.17) is 4.74 Å². The quantitative estimate of drug-likeness (QED) is 0.611. The Kier molecular flexibility index (Phi) is 4.17. The van der Waals surface area contributed by atoms with Gasteiger partial charge in [-0.15, -0.1) is 0 Å². The van der Waals surface area contributed by atoms with Crippen molar-refractivity contribution < 1.29 is 9.53 Å².